The lowest BCUT2D eigenvalue weighted by molar-refractivity contribution is 0.287. The lowest BCUT2D eigenvalue weighted by Crippen LogP contribution is -2.37. The van der Waals surface area contributed by atoms with Crippen molar-refractivity contribution in [1.82, 2.24) is 0 Å². The van der Waals surface area contributed by atoms with Gasteiger partial charge in [-0.1, -0.05) is 11.6 Å². The maximum absolute atomic E-state index is 5.84. The molecular formula is C9H11ClN2O. The minimum atomic E-state index is 0.186. The molecule has 3 nitrogen and oxygen atoms in total. The molecule has 0 amide bonds. The summed E-state index contributed by atoms with van der Waals surface area (Å²) in [5.74, 6) is 0.842. The van der Waals surface area contributed by atoms with E-state index in [0.717, 1.165) is 11.4 Å². The summed E-state index contributed by atoms with van der Waals surface area (Å²) in [6, 6.07) is 5.70. The molecule has 1 unspecified atom stereocenters. The molecule has 1 aromatic carbocycles. The maximum atomic E-state index is 5.84. The van der Waals surface area contributed by atoms with Crippen molar-refractivity contribution >= 4 is 17.3 Å². The number of hydrogen-bond acceptors (Lipinski definition) is 3. The third-order valence-corrected chi connectivity index (χ3v) is 2.26. The van der Waals surface area contributed by atoms with Crippen LogP contribution in [-0.2, 0) is 0 Å². The number of halogens is 1. The normalized spacial score (nSPS) is 20.0. The molecule has 1 aromatic rings. The second-order valence-electron chi connectivity index (χ2n) is 3.03. The van der Waals surface area contributed by atoms with E-state index < -0.39 is 0 Å². The summed E-state index contributed by atoms with van der Waals surface area (Å²) in [5, 5.41) is 3.95. The fourth-order valence-electron chi connectivity index (χ4n) is 1.32. The summed E-state index contributed by atoms with van der Waals surface area (Å²) in [7, 11) is 0. The van der Waals surface area contributed by atoms with Gasteiger partial charge >= 0.3 is 0 Å². The number of anilines is 1. The van der Waals surface area contributed by atoms with Crippen LogP contribution in [-0.4, -0.2) is 19.2 Å². The highest BCUT2D eigenvalue weighted by Crippen LogP contribution is 2.31. The summed E-state index contributed by atoms with van der Waals surface area (Å²) >= 11 is 5.84. The fourth-order valence-corrected chi connectivity index (χ4v) is 1.49. The number of ether oxygens (including phenoxy) is 1. The monoisotopic (exact) mass is 198 g/mol. The summed E-state index contributed by atoms with van der Waals surface area (Å²) in [6.07, 6.45) is 0. The molecule has 1 aliphatic heterocycles. The lowest BCUT2D eigenvalue weighted by Gasteiger charge is -2.26. The van der Waals surface area contributed by atoms with Gasteiger partial charge in [0.15, 0.2) is 0 Å². The first-order chi connectivity index (χ1) is 6.29. The zero-order chi connectivity index (χ0) is 9.26. The molecule has 13 heavy (non-hydrogen) atoms. The largest absolute Gasteiger partial charge is 0.489 e. The number of rotatable bonds is 1. The lowest BCUT2D eigenvalue weighted by atomic mass is 10.2. The molecule has 3 N–H and O–H groups in total. The minimum absolute atomic E-state index is 0.186. The molecule has 0 saturated carbocycles. The number of nitrogens with one attached hydrogen (secondary N) is 1. The molecule has 1 atom stereocenters. The van der Waals surface area contributed by atoms with Crippen LogP contribution in [0.25, 0.3) is 0 Å². The number of hydrogen-bond donors (Lipinski definition) is 2. The van der Waals surface area contributed by atoms with Gasteiger partial charge in [-0.15, -0.1) is 0 Å². The van der Waals surface area contributed by atoms with Crippen molar-refractivity contribution in [1.29, 1.82) is 0 Å². The molecular weight excluding hydrogens is 188 g/mol. The van der Waals surface area contributed by atoms with Crippen LogP contribution in [0.15, 0.2) is 18.2 Å². The molecule has 0 saturated heterocycles. The number of nitrogens with two attached hydrogens (primary N) is 1. The fraction of sp³-hybridized carbons (Fsp3) is 0.333. The van der Waals surface area contributed by atoms with Crippen LogP contribution in [0.3, 0.4) is 0 Å². The zero-order valence-corrected chi connectivity index (χ0v) is 7.84. The molecule has 0 radical (unpaired) electrons. The highest BCUT2D eigenvalue weighted by molar-refractivity contribution is 6.30. The molecule has 1 aliphatic rings. The van der Waals surface area contributed by atoms with E-state index in [0.29, 0.717) is 18.2 Å². The van der Waals surface area contributed by atoms with Crippen LogP contribution in [0.5, 0.6) is 5.75 Å². The van der Waals surface area contributed by atoms with E-state index in [9.17, 15) is 0 Å². The minimum Gasteiger partial charge on any atom is -0.489 e. The Morgan fingerprint density at radius 3 is 3.23 bits per heavy atom. The third kappa shape index (κ3) is 1.71. The summed E-state index contributed by atoms with van der Waals surface area (Å²) in [5.41, 5.74) is 6.45. The molecule has 0 fully saturated rings. The quantitative estimate of drug-likeness (QED) is 0.719. The average Bonchev–Trinajstić information content (AvgIpc) is 2.16. The second kappa shape index (κ2) is 3.44. The van der Waals surface area contributed by atoms with Crippen LogP contribution in [0.1, 0.15) is 0 Å². The number of benzene rings is 1. The van der Waals surface area contributed by atoms with E-state index in [1.807, 2.05) is 18.2 Å². The Morgan fingerprint density at radius 2 is 2.46 bits per heavy atom. The van der Waals surface area contributed by atoms with Crippen LogP contribution in [0, 0.1) is 0 Å². The summed E-state index contributed by atoms with van der Waals surface area (Å²) in [6.45, 7) is 1.18. The predicted octanol–water partition coefficient (Wildman–Crippen LogP) is 1.47. The molecule has 0 aromatic heterocycles. The topological polar surface area (TPSA) is 47.3 Å². The molecule has 4 heteroatoms. The van der Waals surface area contributed by atoms with Gasteiger partial charge < -0.3 is 15.8 Å². The molecule has 1 heterocycles. The van der Waals surface area contributed by atoms with Crippen molar-refractivity contribution < 1.29 is 4.74 Å². The highest BCUT2D eigenvalue weighted by Gasteiger charge is 2.17. The Balaban J connectivity index is 2.27. The molecule has 0 spiro atoms. The van der Waals surface area contributed by atoms with E-state index in [4.69, 9.17) is 22.1 Å². The SMILES string of the molecule is NCC1COc2ccc(Cl)cc2N1. The van der Waals surface area contributed by atoms with Crippen molar-refractivity contribution in [2.75, 3.05) is 18.5 Å². The first-order valence-corrected chi connectivity index (χ1v) is 4.56. The Hall–Kier alpha value is -0.930. The summed E-state index contributed by atoms with van der Waals surface area (Å²) in [4.78, 5) is 0. The van der Waals surface area contributed by atoms with Crippen molar-refractivity contribution in [2.24, 2.45) is 5.73 Å². The van der Waals surface area contributed by atoms with Crippen LogP contribution in [0.4, 0.5) is 5.69 Å². The van der Waals surface area contributed by atoms with Gasteiger partial charge in [0, 0.05) is 11.6 Å². The second-order valence-corrected chi connectivity index (χ2v) is 3.46. The smallest absolute Gasteiger partial charge is 0.142 e. The molecule has 70 valence electrons. The molecule has 0 aliphatic carbocycles. The van der Waals surface area contributed by atoms with Gasteiger partial charge in [0.05, 0.1) is 11.7 Å². The van der Waals surface area contributed by atoms with Gasteiger partial charge in [0.25, 0.3) is 0 Å². The average molecular weight is 199 g/mol. The first kappa shape index (κ1) is 8.66. The zero-order valence-electron chi connectivity index (χ0n) is 7.09. The van der Waals surface area contributed by atoms with Crippen LogP contribution in [0.2, 0.25) is 5.02 Å². The maximum Gasteiger partial charge on any atom is 0.142 e. The predicted molar refractivity (Wildman–Crippen MR) is 53.4 cm³/mol. The van der Waals surface area contributed by atoms with E-state index in [1.54, 1.807) is 0 Å². The van der Waals surface area contributed by atoms with Crippen molar-refractivity contribution in [3.63, 3.8) is 0 Å². The van der Waals surface area contributed by atoms with Crippen molar-refractivity contribution in [2.45, 2.75) is 6.04 Å². The van der Waals surface area contributed by atoms with Gasteiger partial charge in [-0.3, -0.25) is 0 Å². The Morgan fingerprint density at radius 1 is 1.62 bits per heavy atom. The van der Waals surface area contributed by atoms with E-state index >= 15 is 0 Å². The Kier molecular flexibility index (Phi) is 2.29. The van der Waals surface area contributed by atoms with E-state index in [2.05, 4.69) is 5.32 Å². The van der Waals surface area contributed by atoms with E-state index in [-0.39, 0.29) is 6.04 Å². The van der Waals surface area contributed by atoms with Gasteiger partial charge in [0.2, 0.25) is 0 Å². The highest BCUT2D eigenvalue weighted by atomic mass is 35.5. The van der Waals surface area contributed by atoms with Gasteiger partial charge in [0.1, 0.15) is 12.4 Å². The van der Waals surface area contributed by atoms with Crippen molar-refractivity contribution in [3.05, 3.63) is 23.2 Å². The van der Waals surface area contributed by atoms with Gasteiger partial charge in [-0.05, 0) is 18.2 Å². The molecule has 0 bridgehead atoms. The summed E-state index contributed by atoms with van der Waals surface area (Å²) < 4.78 is 5.48. The van der Waals surface area contributed by atoms with Crippen LogP contribution < -0.4 is 15.8 Å². The Labute approximate surface area is 81.8 Å². The van der Waals surface area contributed by atoms with Gasteiger partial charge in [-0.2, -0.15) is 0 Å². The van der Waals surface area contributed by atoms with Crippen molar-refractivity contribution in [3.8, 4) is 5.75 Å². The van der Waals surface area contributed by atoms with Crippen LogP contribution >= 0.6 is 11.6 Å². The Bertz CT molecular complexity index is 316. The standard InChI is InChI=1S/C9H11ClN2O/c10-6-1-2-9-8(3-6)12-7(4-11)5-13-9/h1-3,7,12H,4-5,11H2. The first-order valence-electron chi connectivity index (χ1n) is 4.18. The van der Waals surface area contributed by atoms with E-state index in [1.165, 1.54) is 0 Å². The van der Waals surface area contributed by atoms with Gasteiger partial charge in [-0.25, -0.2) is 0 Å². The number of fused-ring (bicyclic) bond motifs is 1. The molecule has 2 rings (SSSR count). The third-order valence-electron chi connectivity index (χ3n) is 2.03.